The number of hydrogen-bond donors (Lipinski definition) is 2. The molecule has 1 aromatic carbocycles. The fraction of sp³-hybridized carbons (Fsp3) is 0.417. The van der Waals surface area contributed by atoms with Gasteiger partial charge in [-0.05, 0) is 19.9 Å². The van der Waals surface area contributed by atoms with Crippen LogP contribution in [0.3, 0.4) is 0 Å². The highest BCUT2D eigenvalue weighted by Gasteiger charge is 2.28. The maximum absolute atomic E-state index is 11.0. The highest BCUT2D eigenvalue weighted by Crippen LogP contribution is 2.30. The van der Waals surface area contributed by atoms with E-state index >= 15 is 0 Å². The van der Waals surface area contributed by atoms with E-state index in [2.05, 4.69) is 5.32 Å². The first-order chi connectivity index (χ1) is 8.77. The summed E-state index contributed by atoms with van der Waals surface area (Å²) in [6.45, 7) is 3.14. The Morgan fingerprint density at radius 2 is 2.16 bits per heavy atom. The highest BCUT2D eigenvalue weighted by atomic mass is 16.6. The third-order valence-electron chi connectivity index (χ3n) is 2.70. The number of nitro groups is 1. The summed E-state index contributed by atoms with van der Waals surface area (Å²) in [7, 11) is 1.45. The lowest BCUT2D eigenvalue weighted by atomic mass is 9.94. The van der Waals surface area contributed by atoms with Gasteiger partial charge in [-0.1, -0.05) is 0 Å². The first-order valence-corrected chi connectivity index (χ1v) is 5.57. The molecule has 0 saturated heterocycles. The van der Waals surface area contributed by atoms with Crippen LogP contribution < -0.4 is 10.1 Å². The van der Waals surface area contributed by atoms with Crippen molar-refractivity contribution in [1.29, 1.82) is 0 Å². The third-order valence-corrected chi connectivity index (χ3v) is 2.70. The quantitative estimate of drug-likeness (QED) is 0.605. The van der Waals surface area contributed by atoms with Gasteiger partial charge in [0, 0.05) is 18.7 Å². The number of ether oxygens (including phenoxy) is 1. The first kappa shape index (κ1) is 14.7. The van der Waals surface area contributed by atoms with Gasteiger partial charge in [-0.2, -0.15) is 0 Å². The van der Waals surface area contributed by atoms with Gasteiger partial charge in [-0.25, -0.2) is 0 Å². The standard InChI is InChI=1S/C12H16N2O5/c1-12(2,11(15)16)7-13-9-6-8(19-3)4-5-10(9)14(17)18/h4-6,13H,7H2,1-3H3,(H,15,16). The minimum absolute atomic E-state index is 0.0658. The molecule has 0 fully saturated rings. The Labute approximate surface area is 110 Å². The van der Waals surface area contributed by atoms with Crippen LogP contribution in [-0.2, 0) is 4.79 Å². The number of nitro benzene ring substituents is 1. The molecule has 0 aliphatic rings. The van der Waals surface area contributed by atoms with Gasteiger partial charge in [0.15, 0.2) is 0 Å². The van der Waals surface area contributed by atoms with E-state index in [9.17, 15) is 14.9 Å². The average molecular weight is 268 g/mol. The number of anilines is 1. The zero-order chi connectivity index (χ0) is 14.6. The number of hydrogen-bond acceptors (Lipinski definition) is 5. The molecule has 0 aromatic heterocycles. The topological polar surface area (TPSA) is 102 Å². The van der Waals surface area contributed by atoms with Crippen molar-refractivity contribution in [2.24, 2.45) is 5.41 Å². The minimum Gasteiger partial charge on any atom is -0.497 e. The predicted octanol–water partition coefficient (Wildman–Crippen LogP) is 2.13. The molecule has 0 saturated carbocycles. The highest BCUT2D eigenvalue weighted by molar-refractivity contribution is 5.75. The second-order valence-corrected chi connectivity index (χ2v) is 4.68. The molecule has 7 heteroatoms. The van der Waals surface area contributed by atoms with Crippen molar-refractivity contribution in [1.82, 2.24) is 0 Å². The molecule has 0 atom stereocenters. The molecule has 104 valence electrons. The van der Waals surface area contributed by atoms with Crippen molar-refractivity contribution >= 4 is 17.3 Å². The zero-order valence-corrected chi connectivity index (χ0v) is 11.0. The molecule has 0 spiro atoms. The van der Waals surface area contributed by atoms with Crippen LogP contribution in [0.15, 0.2) is 18.2 Å². The number of benzene rings is 1. The predicted molar refractivity (Wildman–Crippen MR) is 69.6 cm³/mol. The number of nitrogens with one attached hydrogen (secondary N) is 1. The van der Waals surface area contributed by atoms with Crippen LogP contribution in [0.4, 0.5) is 11.4 Å². The Hall–Kier alpha value is -2.31. The molecule has 0 heterocycles. The number of nitrogens with zero attached hydrogens (tertiary/aromatic N) is 1. The van der Waals surface area contributed by atoms with Gasteiger partial charge in [0.2, 0.25) is 0 Å². The van der Waals surface area contributed by atoms with E-state index in [1.54, 1.807) is 0 Å². The Morgan fingerprint density at radius 3 is 2.63 bits per heavy atom. The van der Waals surface area contributed by atoms with Crippen LogP contribution in [-0.4, -0.2) is 29.7 Å². The third kappa shape index (κ3) is 3.57. The van der Waals surface area contributed by atoms with E-state index in [0.29, 0.717) is 5.75 Å². The molecule has 0 aliphatic heterocycles. The summed E-state index contributed by atoms with van der Waals surface area (Å²) in [6.07, 6.45) is 0. The normalized spacial score (nSPS) is 10.9. The molecule has 0 bridgehead atoms. The molecule has 0 aliphatic carbocycles. The lowest BCUT2D eigenvalue weighted by molar-refractivity contribution is -0.384. The van der Waals surface area contributed by atoms with Crippen LogP contribution in [0.5, 0.6) is 5.75 Å². The van der Waals surface area contributed by atoms with Crippen molar-refractivity contribution in [2.45, 2.75) is 13.8 Å². The lowest BCUT2D eigenvalue weighted by Crippen LogP contribution is -2.31. The monoisotopic (exact) mass is 268 g/mol. The maximum atomic E-state index is 11.0. The largest absolute Gasteiger partial charge is 0.497 e. The van der Waals surface area contributed by atoms with Gasteiger partial charge in [0.25, 0.3) is 5.69 Å². The van der Waals surface area contributed by atoms with Gasteiger partial charge in [-0.15, -0.1) is 0 Å². The number of methoxy groups -OCH3 is 1. The second kappa shape index (κ2) is 5.55. The Kier molecular flexibility index (Phi) is 4.31. The van der Waals surface area contributed by atoms with Crippen molar-refractivity contribution in [3.05, 3.63) is 28.3 Å². The number of aliphatic carboxylic acids is 1. The first-order valence-electron chi connectivity index (χ1n) is 5.57. The molecule has 0 amide bonds. The molecule has 1 aromatic rings. The number of carboxylic acid groups (broad SMARTS) is 1. The van der Waals surface area contributed by atoms with E-state index in [-0.39, 0.29) is 17.9 Å². The number of carboxylic acids is 1. The maximum Gasteiger partial charge on any atom is 0.310 e. The lowest BCUT2D eigenvalue weighted by Gasteiger charge is -2.20. The van der Waals surface area contributed by atoms with E-state index in [1.165, 1.54) is 39.2 Å². The van der Waals surface area contributed by atoms with Gasteiger partial charge in [0.05, 0.1) is 17.4 Å². The molecule has 7 nitrogen and oxygen atoms in total. The number of carbonyl (C=O) groups is 1. The Balaban J connectivity index is 2.98. The van der Waals surface area contributed by atoms with Crippen molar-refractivity contribution < 1.29 is 19.6 Å². The van der Waals surface area contributed by atoms with Gasteiger partial charge in [-0.3, -0.25) is 14.9 Å². The summed E-state index contributed by atoms with van der Waals surface area (Å²) in [5.74, 6) is -0.521. The SMILES string of the molecule is COc1ccc([N+](=O)[O-])c(NCC(C)(C)C(=O)O)c1. The summed E-state index contributed by atoms with van der Waals surface area (Å²) < 4.78 is 4.99. The molecule has 0 radical (unpaired) electrons. The minimum atomic E-state index is -1.03. The van der Waals surface area contributed by atoms with Crippen LogP contribution in [0.1, 0.15) is 13.8 Å². The molecule has 2 N–H and O–H groups in total. The van der Waals surface area contributed by atoms with E-state index in [4.69, 9.17) is 9.84 Å². The molecule has 19 heavy (non-hydrogen) atoms. The summed E-state index contributed by atoms with van der Waals surface area (Å²) in [4.78, 5) is 21.3. The molecule has 1 rings (SSSR count). The molecule has 0 unspecified atom stereocenters. The van der Waals surface area contributed by atoms with E-state index < -0.39 is 16.3 Å². The fourth-order valence-electron chi connectivity index (χ4n) is 1.33. The van der Waals surface area contributed by atoms with Crippen LogP contribution in [0.25, 0.3) is 0 Å². The van der Waals surface area contributed by atoms with Crippen molar-refractivity contribution in [3.8, 4) is 5.75 Å². The van der Waals surface area contributed by atoms with E-state index in [0.717, 1.165) is 0 Å². The van der Waals surface area contributed by atoms with Crippen LogP contribution >= 0.6 is 0 Å². The summed E-state index contributed by atoms with van der Waals surface area (Å²) >= 11 is 0. The van der Waals surface area contributed by atoms with Gasteiger partial charge >= 0.3 is 5.97 Å². The second-order valence-electron chi connectivity index (χ2n) is 4.68. The van der Waals surface area contributed by atoms with Gasteiger partial charge in [0.1, 0.15) is 11.4 Å². The zero-order valence-electron chi connectivity index (χ0n) is 11.0. The Morgan fingerprint density at radius 1 is 1.53 bits per heavy atom. The molecular formula is C12H16N2O5. The summed E-state index contributed by atoms with van der Waals surface area (Å²) in [5.41, 5.74) is -0.919. The number of rotatable bonds is 6. The van der Waals surface area contributed by atoms with Gasteiger partial charge < -0.3 is 15.2 Å². The Bertz CT molecular complexity index is 499. The summed E-state index contributed by atoms with van der Waals surface area (Å²) in [5, 5.41) is 22.7. The van der Waals surface area contributed by atoms with Crippen molar-refractivity contribution in [2.75, 3.05) is 19.0 Å². The smallest absolute Gasteiger partial charge is 0.310 e. The van der Waals surface area contributed by atoms with E-state index in [1.807, 2.05) is 0 Å². The van der Waals surface area contributed by atoms with Crippen LogP contribution in [0.2, 0.25) is 0 Å². The molecular weight excluding hydrogens is 252 g/mol. The van der Waals surface area contributed by atoms with Crippen molar-refractivity contribution in [3.63, 3.8) is 0 Å². The summed E-state index contributed by atoms with van der Waals surface area (Å²) in [6, 6.07) is 4.26. The fourth-order valence-corrected chi connectivity index (χ4v) is 1.33. The average Bonchev–Trinajstić information content (AvgIpc) is 2.35. The van der Waals surface area contributed by atoms with Crippen LogP contribution in [0, 0.1) is 15.5 Å².